The summed E-state index contributed by atoms with van der Waals surface area (Å²) in [6, 6.07) is 0. The van der Waals surface area contributed by atoms with Crippen molar-refractivity contribution in [2.24, 2.45) is 5.92 Å². The molecule has 0 aliphatic carbocycles. The highest BCUT2D eigenvalue weighted by Crippen LogP contribution is 1.89. The van der Waals surface area contributed by atoms with Crippen LogP contribution in [0.25, 0.3) is 0 Å². The van der Waals surface area contributed by atoms with E-state index < -0.39 is 6.09 Å². The molecule has 0 bridgehead atoms. The number of ether oxygens (including phenoxy) is 1. The Kier molecular flexibility index (Phi) is 5.56. The van der Waals surface area contributed by atoms with Gasteiger partial charge in [0.15, 0.2) is 0 Å². The molecule has 0 heterocycles. The van der Waals surface area contributed by atoms with Crippen LogP contribution in [0.15, 0.2) is 0 Å². The van der Waals surface area contributed by atoms with Crippen LogP contribution >= 0.6 is 0 Å². The Morgan fingerprint density at radius 3 is 2.64 bits per heavy atom. The van der Waals surface area contributed by atoms with E-state index in [1.54, 1.807) is 6.92 Å². The molecule has 0 fully saturated rings. The molecular weight excluding hydrogens is 146 g/mol. The number of hydrogen-bond acceptors (Lipinski definition) is 3. The minimum atomic E-state index is -0.534. The minimum Gasteiger partial charge on any atom is -0.448 e. The third-order valence-electron chi connectivity index (χ3n) is 0.848. The number of amides is 1. The van der Waals surface area contributed by atoms with Gasteiger partial charge in [0.05, 0.1) is 13.2 Å². The van der Waals surface area contributed by atoms with Crippen molar-refractivity contribution in [2.45, 2.75) is 20.8 Å². The predicted molar refractivity (Wildman–Crippen MR) is 40.9 cm³/mol. The number of carbonyl (C=O) groups is 1. The lowest BCUT2D eigenvalue weighted by atomic mass is 10.2. The predicted octanol–water partition coefficient (Wildman–Crippen LogP) is 1.32. The molecule has 1 amide bonds. The smallest absolute Gasteiger partial charge is 0.431 e. The molecule has 0 saturated heterocycles. The van der Waals surface area contributed by atoms with E-state index in [2.05, 4.69) is 10.2 Å². The molecular formula is C7H15NO3. The van der Waals surface area contributed by atoms with Gasteiger partial charge in [0, 0.05) is 0 Å². The molecule has 0 aromatic rings. The molecule has 0 radical (unpaired) electrons. The first kappa shape index (κ1) is 10.2. The Morgan fingerprint density at radius 1 is 1.55 bits per heavy atom. The van der Waals surface area contributed by atoms with Crippen LogP contribution in [-0.2, 0) is 9.57 Å². The fraction of sp³-hybridized carbons (Fsp3) is 0.857. The maximum atomic E-state index is 10.6. The van der Waals surface area contributed by atoms with Crippen LogP contribution in [0.5, 0.6) is 0 Å². The van der Waals surface area contributed by atoms with Crippen LogP contribution < -0.4 is 5.48 Å². The van der Waals surface area contributed by atoms with Crippen molar-refractivity contribution in [1.29, 1.82) is 0 Å². The number of nitrogens with one attached hydrogen (secondary N) is 1. The van der Waals surface area contributed by atoms with E-state index in [1.165, 1.54) is 0 Å². The second kappa shape index (κ2) is 5.97. The van der Waals surface area contributed by atoms with Crippen LogP contribution in [0, 0.1) is 5.92 Å². The van der Waals surface area contributed by atoms with E-state index in [1.807, 2.05) is 13.8 Å². The van der Waals surface area contributed by atoms with Crippen LogP contribution in [0.2, 0.25) is 0 Å². The summed E-state index contributed by atoms with van der Waals surface area (Å²) in [7, 11) is 0. The van der Waals surface area contributed by atoms with Crippen molar-refractivity contribution >= 4 is 6.09 Å². The standard InChI is InChI=1S/C7H15NO3/c1-4-10-7(9)8-11-5-6(2)3/h6H,4-5H2,1-3H3,(H,8,9). The molecule has 0 aromatic carbocycles. The van der Waals surface area contributed by atoms with Gasteiger partial charge in [0.2, 0.25) is 0 Å². The van der Waals surface area contributed by atoms with Crippen molar-refractivity contribution in [1.82, 2.24) is 5.48 Å². The monoisotopic (exact) mass is 161 g/mol. The number of hydroxylamine groups is 1. The molecule has 66 valence electrons. The average molecular weight is 161 g/mol. The van der Waals surface area contributed by atoms with E-state index in [9.17, 15) is 4.79 Å². The van der Waals surface area contributed by atoms with E-state index in [0.29, 0.717) is 19.1 Å². The van der Waals surface area contributed by atoms with Gasteiger partial charge in [-0.1, -0.05) is 13.8 Å². The van der Waals surface area contributed by atoms with Crippen LogP contribution in [0.3, 0.4) is 0 Å². The summed E-state index contributed by atoms with van der Waals surface area (Å²) in [5.41, 5.74) is 2.15. The minimum absolute atomic E-state index is 0.358. The Balaban J connectivity index is 3.17. The average Bonchev–Trinajstić information content (AvgIpc) is 1.87. The molecule has 0 rings (SSSR count). The van der Waals surface area contributed by atoms with E-state index >= 15 is 0 Å². The highest BCUT2D eigenvalue weighted by atomic mass is 16.7. The highest BCUT2D eigenvalue weighted by molar-refractivity contribution is 5.65. The van der Waals surface area contributed by atoms with Gasteiger partial charge in [0.1, 0.15) is 0 Å². The van der Waals surface area contributed by atoms with E-state index in [0.717, 1.165) is 0 Å². The highest BCUT2D eigenvalue weighted by Gasteiger charge is 1.99. The molecule has 0 spiro atoms. The fourth-order valence-corrected chi connectivity index (χ4v) is 0.428. The lowest BCUT2D eigenvalue weighted by Gasteiger charge is -2.06. The molecule has 0 aliphatic heterocycles. The molecule has 0 saturated carbocycles. The molecule has 4 heteroatoms. The third-order valence-corrected chi connectivity index (χ3v) is 0.848. The summed E-state index contributed by atoms with van der Waals surface area (Å²) in [6.07, 6.45) is -0.534. The Morgan fingerprint density at radius 2 is 2.18 bits per heavy atom. The maximum Gasteiger partial charge on any atom is 0.431 e. The number of hydrogen-bond donors (Lipinski definition) is 1. The van der Waals surface area contributed by atoms with Crippen molar-refractivity contribution in [3.8, 4) is 0 Å². The lowest BCUT2D eigenvalue weighted by molar-refractivity contribution is 0.0171. The topological polar surface area (TPSA) is 47.6 Å². The van der Waals surface area contributed by atoms with Crippen LogP contribution in [-0.4, -0.2) is 19.3 Å². The molecule has 4 nitrogen and oxygen atoms in total. The lowest BCUT2D eigenvalue weighted by Crippen LogP contribution is -2.26. The first-order valence-corrected chi connectivity index (χ1v) is 3.71. The third kappa shape index (κ3) is 7.12. The van der Waals surface area contributed by atoms with Crippen LogP contribution in [0.4, 0.5) is 4.79 Å². The summed E-state index contributed by atoms with van der Waals surface area (Å²) >= 11 is 0. The summed E-state index contributed by atoms with van der Waals surface area (Å²) in [4.78, 5) is 15.4. The van der Waals surface area contributed by atoms with Gasteiger partial charge in [-0.3, -0.25) is 4.84 Å². The van der Waals surface area contributed by atoms with Gasteiger partial charge in [-0.25, -0.2) is 4.79 Å². The Labute approximate surface area is 66.8 Å². The molecule has 0 unspecified atom stereocenters. The molecule has 0 aliphatic rings. The summed E-state index contributed by atoms with van der Waals surface area (Å²) < 4.78 is 4.55. The molecule has 0 aromatic heterocycles. The second-order valence-electron chi connectivity index (χ2n) is 2.53. The Hall–Kier alpha value is -0.770. The van der Waals surface area contributed by atoms with E-state index in [4.69, 9.17) is 4.84 Å². The van der Waals surface area contributed by atoms with Gasteiger partial charge in [-0.2, -0.15) is 5.48 Å². The SMILES string of the molecule is CCOC(=O)NOCC(C)C. The van der Waals surface area contributed by atoms with Gasteiger partial charge >= 0.3 is 6.09 Å². The van der Waals surface area contributed by atoms with Gasteiger partial charge in [0.25, 0.3) is 0 Å². The summed E-state index contributed by atoms with van der Waals surface area (Å²) in [5.74, 6) is 0.400. The summed E-state index contributed by atoms with van der Waals surface area (Å²) in [6.45, 7) is 6.58. The first-order chi connectivity index (χ1) is 5.16. The molecule has 11 heavy (non-hydrogen) atoms. The van der Waals surface area contributed by atoms with Gasteiger partial charge < -0.3 is 4.74 Å². The molecule has 1 N–H and O–H groups in total. The van der Waals surface area contributed by atoms with Crippen molar-refractivity contribution in [2.75, 3.05) is 13.2 Å². The first-order valence-electron chi connectivity index (χ1n) is 3.71. The largest absolute Gasteiger partial charge is 0.448 e. The maximum absolute atomic E-state index is 10.6. The Bertz CT molecular complexity index is 114. The van der Waals surface area contributed by atoms with Crippen molar-refractivity contribution in [3.05, 3.63) is 0 Å². The van der Waals surface area contributed by atoms with Crippen LogP contribution in [0.1, 0.15) is 20.8 Å². The van der Waals surface area contributed by atoms with Crippen molar-refractivity contribution in [3.63, 3.8) is 0 Å². The van der Waals surface area contributed by atoms with Crippen molar-refractivity contribution < 1.29 is 14.4 Å². The fourth-order valence-electron chi connectivity index (χ4n) is 0.428. The zero-order chi connectivity index (χ0) is 8.69. The normalized spacial score (nSPS) is 9.82. The zero-order valence-electron chi connectivity index (χ0n) is 7.22. The number of carbonyl (C=O) groups excluding carboxylic acids is 1. The summed E-state index contributed by atoms with van der Waals surface area (Å²) in [5, 5.41) is 0. The van der Waals surface area contributed by atoms with E-state index in [-0.39, 0.29) is 0 Å². The molecule has 0 atom stereocenters. The second-order valence-corrected chi connectivity index (χ2v) is 2.53. The van der Waals surface area contributed by atoms with Gasteiger partial charge in [-0.15, -0.1) is 0 Å². The zero-order valence-corrected chi connectivity index (χ0v) is 7.22. The quantitative estimate of drug-likeness (QED) is 0.632. The van der Waals surface area contributed by atoms with Gasteiger partial charge in [-0.05, 0) is 12.8 Å². The number of rotatable bonds is 4.